The molecule has 0 bridgehead atoms. The Kier molecular flexibility index (Phi) is 6.19. The number of carbonyl (C=O) groups excluding carboxylic acids is 1. The summed E-state index contributed by atoms with van der Waals surface area (Å²) in [6.07, 6.45) is 1.72. The Bertz CT molecular complexity index is 1330. The summed E-state index contributed by atoms with van der Waals surface area (Å²) in [5, 5.41) is 8.47. The van der Waals surface area contributed by atoms with Gasteiger partial charge in [-0.1, -0.05) is 29.5 Å². The zero-order valence-corrected chi connectivity index (χ0v) is 19.9. The van der Waals surface area contributed by atoms with Gasteiger partial charge in [0.15, 0.2) is 10.8 Å². The van der Waals surface area contributed by atoms with Crippen LogP contribution in [0.15, 0.2) is 48.5 Å². The first-order chi connectivity index (χ1) is 16.5. The van der Waals surface area contributed by atoms with Gasteiger partial charge in [-0.25, -0.2) is 9.07 Å². The maximum Gasteiger partial charge on any atom is 0.229 e. The fourth-order valence-electron chi connectivity index (χ4n) is 4.30. The van der Waals surface area contributed by atoms with Crippen LogP contribution >= 0.6 is 11.3 Å². The number of fused-ring (bicyclic) bond motifs is 1. The highest BCUT2D eigenvalue weighted by molar-refractivity contribution is 7.22. The predicted octanol–water partition coefficient (Wildman–Crippen LogP) is 5.18. The van der Waals surface area contributed by atoms with Crippen LogP contribution in [0, 0.1) is 18.7 Å². The molecule has 0 radical (unpaired) electrons. The van der Waals surface area contributed by atoms with Crippen LogP contribution < -0.4 is 15.0 Å². The number of nitrogens with one attached hydrogen (secondary N) is 1. The average Bonchev–Trinajstić information content (AvgIpc) is 3.41. The van der Waals surface area contributed by atoms with Crippen molar-refractivity contribution in [3.8, 4) is 11.4 Å². The summed E-state index contributed by atoms with van der Waals surface area (Å²) >= 11 is 1.56. The van der Waals surface area contributed by atoms with Crippen molar-refractivity contribution >= 4 is 38.4 Å². The number of aryl methyl sites for hydroxylation is 1. The molecular formula is C25H26FN5O2S. The van der Waals surface area contributed by atoms with E-state index in [1.807, 2.05) is 44.2 Å². The molecule has 0 unspecified atom stereocenters. The van der Waals surface area contributed by atoms with Crippen LogP contribution in [0.5, 0.6) is 5.75 Å². The lowest BCUT2D eigenvalue weighted by molar-refractivity contribution is -0.120. The Balaban J connectivity index is 1.36. The van der Waals surface area contributed by atoms with Crippen molar-refractivity contribution in [3.63, 3.8) is 0 Å². The van der Waals surface area contributed by atoms with Crippen LogP contribution in [0.25, 0.3) is 16.0 Å². The predicted molar refractivity (Wildman–Crippen MR) is 133 cm³/mol. The Morgan fingerprint density at radius 3 is 2.94 bits per heavy atom. The number of thiazole rings is 1. The third-order valence-corrected chi connectivity index (χ3v) is 7.15. The maximum atomic E-state index is 13.8. The Morgan fingerprint density at radius 1 is 1.26 bits per heavy atom. The molecule has 7 nitrogen and oxygen atoms in total. The minimum Gasteiger partial charge on any atom is -0.492 e. The van der Waals surface area contributed by atoms with E-state index in [-0.39, 0.29) is 17.6 Å². The van der Waals surface area contributed by atoms with E-state index < -0.39 is 0 Å². The van der Waals surface area contributed by atoms with Gasteiger partial charge in [-0.15, -0.1) is 0 Å². The lowest BCUT2D eigenvalue weighted by Gasteiger charge is -2.31. The summed E-state index contributed by atoms with van der Waals surface area (Å²) in [4.78, 5) is 20.1. The van der Waals surface area contributed by atoms with Gasteiger partial charge >= 0.3 is 0 Å². The molecule has 1 aliphatic heterocycles. The first-order valence-corrected chi connectivity index (χ1v) is 12.2. The number of halogens is 1. The maximum absolute atomic E-state index is 13.8. The minimum atomic E-state index is -0.315. The van der Waals surface area contributed by atoms with E-state index in [2.05, 4.69) is 15.3 Å². The van der Waals surface area contributed by atoms with Crippen LogP contribution in [-0.2, 0) is 4.79 Å². The molecule has 34 heavy (non-hydrogen) atoms. The summed E-state index contributed by atoms with van der Waals surface area (Å²) in [7, 11) is 0. The lowest BCUT2D eigenvalue weighted by atomic mass is 9.97. The van der Waals surface area contributed by atoms with E-state index in [9.17, 15) is 9.18 Å². The number of piperidine rings is 1. The van der Waals surface area contributed by atoms with Crippen molar-refractivity contribution in [3.05, 3.63) is 60.0 Å². The minimum absolute atomic E-state index is 0.0138. The molecule has 4 aromatic rings. The van der Waals surface area contributed by atoms with Gasteiger partial charge in [-0.2, -0.15) is 10.1 Å². The average molecular weight is 480 g/mol. The highest BCUT2D eigenvalue weighted by Crippen LogP contribution is 2.35. The molecule has 1 atom stereocenters. The first kappa shape index (κ1) is 22.3. The molecule has 0 spiro atoms. The second kappa shape index (κ2) is 9.42. The van der Waals surface area contributed by atoms with Crippen LogP contribution in [-0.4, -0.2) is 40.4 Å². The molecular weight excluding hydrogens is 453 g/mol. The van der Waals surface area contributed by atoms with Crippen molar-refractivity contribution in [2.24, 2.45) is 5.92 Å². The molecule has 176 valence electrons. The molecule has 1 fully saturated rings. The van der Waals surface area contributed by atoms with Crippen LogP contribution in [0.2, 0.25) is 0 Å². The zero-order valence-electron chi connectivity index (χ0n) is 19.1. The number of carbonyl (C=O) groups is 1. The van der Waals surface area contributed by atoms with Crippen LogP contribution in [0.1, 0.15) is 25.5 Å². The van der Waals surface area contributed by atoms with E-state index in [1.165, 1.54) is 12.1 Å². The first-order valence-electron chi connectivity index (χ1n) is 11.4. The zero-order chi connectivity index (χ0) is 23.7. The molecule has 5 rings (SSSR count). The smallest absolute Gasteiger partial charge is 0.229 e. The van der Waals surface area contributed by atoms with E-state index in [4.69, 9.17) is 9.72 Å². The number of anilines is 2. The number of hydrogen-bond donors (Lipinski definition) is 1. The van der Waals surface area contributed by atoms with Gasteiger partial charge in [-0.05, 0) is 57.0 Å². The third kappa shape index (κ3) is 4.35. The third-order valence-electron chi connectivity index (χ3n) is 5.94. The van der Waals surface area contributed by atoms with Gasteiger partial charge in [0.05, 0.1) is 34.3 Å². The number of para-hydroxylation sites is 2. The van der Waals surface area contributed by atoms with Crippen molar-refractivity contribution in [1.29, 1.82) is 0 Å². The molecule has 9 heteroatoms. The standard InChI is InChI=1S/C25H26FN5O2S/c1-3-33-21-12-5-4-11-20(21)27-24(32)17-8-7-13-30(15-17)25-28-23-22(34-25)16(2)29-31(23)19-10-6-9-18(26)14-19/h4-6,9-12,14,17H,3,7-8,13,15H2,1-2H3,(H,27,32)/t17-/m1/s1. The summed E-state index contributed by atoms with van der Waals surface area (Å²) in [6.45, 7) is 5.81. The van der Waals surface area contributed by atoms with Crippen LogP contribution in [0.3, 0.4) is 0 Å². The Labute approximate surface area is 201 Å². The largest absolute Gasteiger partial charge is 0.492 e. The summed E-state index contributed by atoms with van der Waals surface area (Å²) in [5.41, 5.74) is 2.89. The number of nitrogens with zero attached hydrogens (tertiary/aromatic N) is 4. The SMILES string of the molecule is CCOc1ccccc1NC(=O)[C@@H]1CCCN(c2nc3c(s2)c(C)nn3-c2cccc(F)c2)C1. The molecule has 1 saturated heterocycles. The molecule has 0 aliphatic carbocycles. The molecule has 1 amide bonds. The molecule has 2 aromatic heterocycles. The van der Waals surface area contributed by atoms with E-state index in [1.54, 1.807) is 22.1 Å². The Hall–Kier alpha value is -3.46. The molecule has 2 aromatic carbocycles. The number of rotatable bonds is 6. The number of ether oxygens (including phenoxy) is 1. The van der Waals surface area contributed by atoms with Crippen molar-refractivity contribution in [2.75, 3.05) is 29.9 Å². The number of aromatic nitrogens is 3. The summed E-state index contributed by atoms with van der Waals surface area (Å²) in [5.74, 6) is 0.191. The number of hydrogen-bond acceptors (Lipinski definition) is 6. The van der Waals surface area contributed by atoms with Gasteiger partial charge in [0, 0.05) is 13.1 Å². The Morgan fingerprint density at radius 2 is 2.12 bits per heavy atom. The molecule has 0 saturated carbocycles. The summed E-state index contributed by atoms with van der Waals surface area (Å²) in [6, 6.07) is 13.8. The van der Waals surface area contributed by atoms with Crippen LogP contribution in [0.4, 0.5) is 15.2 Å². The highest BCUT2D eigenvalue weighted by atomic mass is 32.1. The van der Waals surface area contributed by atoms with E-state index in [0.29, 0.717) is 35.9 Å². The number of benzene rings is 2. The fourth-order valence-corrected chi connectivity index (χ4v) is 5.32. The highest BCUT2D eigenvalue weighted by Gasteiger charge is 2.29. The van der Waals surface area contributed by atoms with Gasteiger partial charge < -0.3 is 15.0 Å². The van der Waals surface area contributed by atoms with Gasteiger partial charge in [0.25, 0.3) is 0 Å². The summed E-state index contributed by atoms with van der Waals surface area (Å²) < 4.78 is 22.1. The number of amides is 1. The molecule has 1 N–H and O–H groups in total. The van der Waals surface area contributed by atoms with E-state index in [0.717, 1.165) is 34.9 Å². The van der Waals surface area contributed by atoms with Crippen molar-refractivity contribution < 1.29 is 13.9 Å². The molecule has 3 heterocycles. The van der Waals surface area contributed by atoms with Crippen molar-refractivity contribution in [1.82, 2.24) is 14.8 Å². The van der Waals surface area contributed by atoms with E-state index >= 15 is 0 Å². The monoisotopic (exact) mass is 479 g/mol. The second-order valence-corrected chi connectivity index (χ2v) is 9.31. The lowest BCUT2D eigenvalue weighted by Crippen LogP contribution is -2.40. The van der Waals surface area contributed by atoms with Gasteiger partial charge in [0.2, 0.25) is 5.91 Å². The quantitative estimate of drug-likeness (QED) is 0.412. The van der Waals surface area contributed by atoms with Gasteiger partial charge in [0.1, 0.15) is 11.6 Å². The second-order valence-electron chi connectivity index (χ2n) is 8.33. The fraction of sp³-hybridized carbons (Fsp3) is 0.320. The van der Waals surface area contributed by atoms with Gasteiger partial charge in [-0.3, -0.25) is 4.79 Å². The topological polar surface area (TPSA) is 72.3 Å². The van der Waals surface area contributed by atoms with Crippen molar-refractivity contribution in [2.45, 2.75) is 26.7 Å². The molecule has 1 aliphatic rings. The normalized spacial score (nSPS) is 16.1.